The number of anilines is 2. The molecule has 0 amide bonds. The first-order chi connectivity index (χ1) is 18.5. The minimum atomic E-state index is -0.872. The Balaban J connectivity index is 1.11. The molecule has 1 aromatic carbocycles. The van der Waals surface area contributed by atoms with Crippen molar-refractivity contribution < 1.29 is 22.0 Å². The zero-order valence-corrected chi connectivity index (χ0v) is 26.6. The number of aryl methyl sites for hydroxylation is 1. The summed E-state index contributed by atoms with van der Waals surface area (Å²) in [6, 6.07) is 11.4. The van der Waals surface area contributed by atoms with Crippen molar-refractivity contribution in [3.05, 3.63) is 63.9 Å². The maximum atomic E-state index is 6.21. The van der Waals surface area contributed by atoms with Gasteiger partial charge in [0.2, 0.25) is 0 Å². The summed E-state index contributed by atoms with van der Waals surface area (Å²) in [4.78, 5) is 28.7. The van der Waals surface area contributed by atoms with Crippen molar-refractivity contribution in [2.45, 2.75) is 25.9 Å². The Bertz CT molecular complexity index is 1410. The number of likely N-dealkylation sites (N-methyl/N-ethyl adjacent to an activating group) is 1. The van der Waals surface area contributed by atoms with E-state index in [-0.39, 0.29) is 0 Å². The second-order valence-corrected chi connectivity index (χ2v) is 28.8. The average molecular weight is 755 g/mol. The number of nitrogens with one attached hydrogen (secondary N) is 1. The number of ether oxygens (including phenoxy) is 1. The number of benzene rings is 1. The normalized spacial score (nSPS) is 18.4. The van der Waals surface area contributed by atoms with E-state index in [1.165, 1.54) is 23.8 Å². The minimum absolute atomic E-state index is 0.391. The van der Waals surface area contributed by atoms with Gasteiger partial charge in [-0.25, -0.2) is 0 Å². The van der Waals surface area contributed by atoms with Crippen LogP contribution in [0.3, 0.4) is 0 Å². The molecule has 38 heavy (non-hydrogen) atoms. The summed E-state index contributed by atoms with van der Waals surface area (Å²) in [7, 11) is 4.29. The third-order valence-corrected chi connectivity index (χ3v) is 21.3. The fourth-order valence-corrected chi connectivity index (χ4v) is 19.3. The van der Waals surface area contributed by atoms with Crippen molar-refractivity contribution in [2.75, 3.05) is 34.9 Å². The van der Waals surface area contributed by atoms with Crippen LogP contribution in [0.5, 0.6) is 11.8 Å². The number of halogens is 2. The number of likely N-dealkylation sites (tertiary alicyclic amines) is 1. The molecule has 200 valence electrons. The number of hydrogen-bond acceptors (Lipinski definition) is 10. The van der Waals surface area contributed by atoms with Crippen molar-refractivity contribution in [3.63, 3.8) is 0 Å². The summed E-state index contributed by atoms with van der Waals surface area (Å²) in [5.74, 6) is 1.61. The van der Waals surface area contributed by atoms with Crippen molar-refractivity contribution in [1.29, 1.82) is 0 Å². The summed E-state index contributed by atoms with van der Waals surface area (Å²) in [6.07, 6.45) is 6.65. The number of hydrogen-bond donors (Lipinski definition) is 1. The van der Waals surface area contributed by atoms with Gasteiger partial charge in [0.25, 0.3) is 0 Å². The van der Waals surface area contributed by atoms with E-state index in [0.29, 0.717) is 35.1 Å². The molecule has 0 spiro atoms. The van der Waals surface area contributed by atoms with Gasteiger partial charge in [-0.05, 0) is 20.5 Å². The van der Waals surface area contributed by atoms with Crippen LogP contribution in [0.1, 0.15) is 17.8 Å². The van der Waals surface area contributed by atoms with Crippen LogP contribution < -0.4 is 27.3 Å². The van der Waals surface area contributed by atoms with Crippen molar-refractivity contribution >= 4 is 38.1 Å². The fourth-order valence-electron chi connectivity index (χ4n) is 4.30. The second kappa shape index (κ2) is 11.6. The Morgan fingerprint density at radius 3 is 2.79 bits per heavy atom. The van der Waals surface area contributed by atoms with Gasteiger partial charge in [-0.15, -0.1) is 0 Å². The Hall–Kier alpha value is -2.01. The summed E-state index contributed by atoms with van der Waals surface area (Å²) in [5.41, 5.74) is 2.64. The molecule has 4 aromatic rings. The number of aromatic nitrogens is 5. The molecule has 0 saturated carbocycles. The van der Waals surface area contributed by atoms with Gasteiger partial charge >= 0.3 is 169 Å². The van der Waals surface area contributed by atoms with Gasteiger partial charge in [0.15, 0.2) is 0 Å². The maximum absolute atomic E-state index is 6.21. The Morgan fingerprint density at radius 2 is 2.03 bits per heavy atom. The molecular formula is C26H29I2N8OS-. The Morgan fingerprint density at radius 1 is 1.16 bits per heavy atom. The molecule has 9 nitrogen and oxygen atoms in total. The first-order valence-electron chi connectivity index (χ1n) is 12.3. The molecule has 0 aliphatic carbocycles. The third-order valence-electron chi connectivity index (χ3n) is 6.36. The van der Waals surface area contributed by atoms with Gasteiger partial charge in [0.05, 0.1) is 11.9 Å². The van der Waals surface area contributed by atoms with Crippen molar-refractivity contribution in [3.8, 4) is 22.3 Å². The van der Waals surface area contributed by atoms with Gasteiger partial charge in [-0.3, -0.25) is 9.88 Å². The van der Waals surface area contributed by atoms with Crippen LogP contribution in [0, 0.1) is 10.5 Å². The molecule has 2 fully saturated rings. The molecule has 1 N–H and O–H groups in total. The monoisotopic (exact) mass is 755 g/mol. The number of rotatable bonds is 9. The number of thiazole rings is 1. The molecular weight excluding hydrogens is 726 g/mol. The van der Waals surface area contributed by atoms with Gasteiger partial charge in [0, 0.05) is 25.7 Å². The molecule has 0 radical (unpaired) electrons. The van der Waals surface area contributed by atoms with Gasteiger partial charge in [0.1, 0.15) is 0 Å². The molecule has 0 bridgehead atoms. The van der Waals surface area contributed by atoms with E-state index in [4.69, 9.17) is 9.72 Å². The van der Waals surface area contributed by atoms with Crippen LogP contribution in [-0.4, -0.2) is 70.4 Å². The molecule has 0 unspecified atom stereocenters. The van der Waals surface area contributed by atoms with Crippen molar-refractivity contribution in [2.24, 2.45) is 0 Å². The summed E-state index contributed by atoms with van der Waals surface area (Å²) >= 11 is 1.08. The molecule has 2 aliphatic rings. The van der Waals surface area contributed by atoms with E-state index in [1.807, 2.05) is 37.5 Å². The number of alkyl halides is 2. The van der Waals surface area contributed by atoms with Gasteiger partial charge < -0.3 is 4.90 Å². The van der Waals surface area contributed by atoms with Gasteiger partial charge in [-0.1, -0.05) is 0 Å². The van der Waals surface area contributed by atoms with E-state index in [2.05, 4.69) is 61.3 Å². The van der Waals surface area contributed by atoms with Crippen LogP contribution >= 0.6 is 27.2 Å². The first kappa shape index (κ1) is 26.2. The number of nitrogens with zero attached hydrogens (tertiary/aromatic N) is 7. The fraction of sp³-hybridized carbons (Fsp3) is 0.346. The molecule has 5 heterocycles. The summed E-state index contributed by atoms with van der Waals surface area (Å²) in [6.45, 7) is 4.96. The van der Waals surface area contributed by atoms with Crippen LogP contribution in [0.25, 0.3) is 10.6 Å². The molecule has 2 aliphatic heterocycles. The zero-order chi connectivity index (χ0) is 26.1. The Labute approximate surface area is 240 Å². The van der Waals surface area contributed by atoms with Crippen molar-refractivity contribution in [1.82, 2.24) is 34.7 Å². The van der Waals surface area contributed by atoms with E-state index in [0.717, 1.165) is 52.5 Å². The number of para-hydroxylation sites is 1. The molecule has 3 aromatic heterocycles. The van der Waals surface area contributed by atoms with E-state index in [1.54, 1.807) is 6.20 Å². The van der Waals surface area contributed by atoms with Crippen LogP contribution in [0.2, 0.25) is 0 Å². The predicted molar refractivity (Wildman–Crippen MR) is 155 cm³/mol. The van der Waals surface area contributed by atoms with Crippen LogP contribution in [-0.2, 0) is 6.54 Å². The predicted octanol–water partition coefficient (Wildman–Crippen LogP) is 2.02. The summed E-state index contributed by atoms with van der Waals surface area (Å²) in [5, 5.41) is 4.02. The topological polar surface area (TPSA) is 92.2 Å². The van der Waals surface area contributed by atoms with Crippen LogP contribution in [0.4, 0.5) is 10.9 Å². The summed E-state index contributed by atoms with van der Waals surface area (Å²) < 4.78 is 9.12. The van der Waals surface area contributed by atoms with E-state index in [9.17, 15) is 0 Å². The quantitative estimate of drug-likeness (QED) is 0.204. The van der Waals surface area contributed by atoms with Crippen LogP contribution in [0.15, 0.2) is 48.9 Å². The molecule has 1 atom stereocenters. The Kier molecular flexibility index (Phi) is 8.02. The first-order valence-corrected chi connectivity index (χ1v) is 23.5. The van der Waals surface area contributed by atoms with E-state index >= 15 is 0 Å². The molecule has 6 rings (SSSR count). The molecule has 12 heteroatoms. The standard InChI is InChI=1S/C26H29I2N8OS/c1-17-10-21(33-25(32-17)37-22-7-5-4-6-20(22)28-16-27-28)23-12-31-26(38-23)34-24-13-29-18(11-30-24)14-36-9-8-19(15-36)35(2)3/h4-7,10-13,19H,8-9,14-16H2,1-3H3,(H,30,31,34)/q-1/t19-/m1/s1. The third kappa shape index (κ3) is 6.41. The second-order valence-electron chi connectivity index (χ2n) is 9.41. The van der Waals surface area contributed by atoms with E-state index < -0.39 is 15.8 Å². The average Bonchev–Trinajstić information content (AvgIpc) is 3.45. The molecule has 2 saturated heterocycles. The SMILES string of the molecule is Cc1cc(-c2cnc(Nc3cnc(CN4CC[C@@H](N(C)C)C4)cn3)s2)nc(Oc2ccccc2I2C[I-]2)n1. The zero-order valence-electron chi connectivity index (χ0n) is 21.4. The van der Waals surface area contributed by atoms with Gasteiger partial charge in [-0.2, -0.15) is 0 Å².